The van der Waals surface area contributed by atoms with E-state index in [0.29, 0.717) is 11.1 Å². The van der Waals surface area contributed by atoms with Gasteiger partial charge in [-0.25, -0.2) is 0 Å². The Kier molecular flexibility index (Phi) is 0.783. The molecule has 0 unspecified atom stereocenters. The van der Waals surface area contributed by atoms with Gasteiger partial charge in [-0.3, -0.25) is 0 Å². The molecule has 10 heavy (non-hydrogen) atoms. The van der Waals surface area contributed by atoms with E-state index in [1.165, 1.54) is 38.8 Å². The monoisotopic (exact) mass is 138 g/mol. The number of piperazine rings is 1. The second-order valence-corrected chi connectivity index (χ2v) is 4.27. The fraction of sp³-hybridized carbons (Fsp3) is 1.00. The van der Waals surface area contributed by atoms with E-state index < -0.39 is 0 Å². The summed E-state index contributed by atoms with van der Waals surface area (Å²) >= 11 is 0. The van der Waals surface area contributed by atoms with Crippen molar-refractivity contribution in [1.82, 2.24) is 10.6 Å². The highest BCUT2D eigenvalue weighted by Crippen LogP contribution is 2.43. The van der Waals surface area contributed by atoms with Crippen LogP contribution >= 0.6 is 0 Å². The van der Waals surface area contributed by atoms with Gasteiger partial charge < -0.3 is 10.6 Å². The van der Waals surface area contributed by atoms with Gasteiger partial charge in [0, 0.05) is 24.2 Å². The standard InChI is InChI=1S/C8H14N2/c1-2-7(1)5-10-8(3-4-8)6-9-7/h9-10H,1-6H2. The van der Waals surface area contributed by atoms with E-state index in [4.69, 9.17) is 0 Å². The second-order valence-electron chi connectivity index (χ2n) is 4.27. The summed E-state index contributed by atoms with van der Waals surface area (Å²) in [5, 5.41) is 7.32. The molecule has 3 fully saturated rings. The maximum absolute atomic E-state index is 3.66. The predicted molar refractivity (Wildman–Crippen MR) is 39.9 cm³/mol. The SMILES string of the molecule is C1CC12CNC1(CC1)CN2. The first-order chi connectivity index (χ1) is 4.83. The van der Waals surface area contributed by atoms with Crippen LogP contribution in [0.4, 0.5) is 0 Å². The molecule has 0 aromatic carbocycles. The van der Waals surface area contributed by atoms with E-state index in [2.05, 4.69) is 10.6 Å². The Bertz CT molecular complexity index is 136. The van der Waals surface area contributed by atoms with Gasteiger partial charge in [0.2, 0.25) is 0 Å². The molecule has 2 saturated carbocycles. The van der Waals surface area contributed by atoms with Gasteiger partial charge in [0.15, 0.2) is 0 Å². The van der Waals surface area contributed by atoms with Gasteiger partial charge in [0.05, 0.1) is 0 Å². The van der Waals surface area contributed by atoms with Crippen molar-refractivity contribution in [2.45, 2.75) is 36.8 Å². The van der Waals surface area contributed by atoms with Gasteiger partial charge in [-0.15, -0.1) is 0 Å². The van der Waals surface area contributed by atoms with E-state index in [9.17, 15) is 0 Å². The molecule has 2 nitrogen and oxygen atoms in total. The zero-order chi connectivity index (χ0) is 6.66. The molecule has 1 saturated heterocycles. The molecule has 0 aromatic rings. The molecule has 2 spiro atoms. The van der Waals surface area contributed by atoms with E-state index in [1.807, 2.05) is 0 Å². The minimum absolute atomic E-state index is 0.563. The van der Waals surface area contributed by atoms with Gasteiger partial charge in [-0.1, -0.05) is 0 Å². The quantitative estimate of drug-likeness (QED) is 0.501. The van der Waals surface area contributed by atoms with E-state index in [0.717, 1.165) is 0 Å². The smallest absolute Gasteiger partial charge is 0.0308 e. The summed E-state index contributed by atoms with van der Waals surface area (Å²) in [6.07, 6.45) is 5.60. The largest absolute Gasteiger partial charge is 0.308 e. The fourth-order valence-corrected chi connectivity index (χ4v) is 1.85. The van der Waals surface area contributed by atoms with Crippen molar-refractivity contribution in [3.05, 3.63) is 0 Å². The van der Waals surface area contributed by atoms with Crippen molar-refractivity contribution in [2.24, 2.45) is 0 Å². The van der Waals surface area contributed by atoms with E-state index in [-0.39, 0.29) is 0 Å². The van der Waals surface area contributed by atoms with Crippen LogP contribution in [0.1, 0.15) is 25.7 Å². The first-order valence-corrected chi connectivity index (χ1v) is 4.33. The van der Waals surface area contributed by atoms with Crippen LogP contribution < -0.4 is 10.6 Å². The van der Waals surface area contributed by atoms with Crippen LogP contribution in [0.2, 0.25) is 0 Å². The summed E-state index contributed by atoms with van der Waals surface area (Å²) in [5.74, 6) is 0. The molecule has 3 aliphatic rings. The first kappa shape index (κ1) is 5.56. The van der Waals surface area contributed by atoms with E-state index in [1.54, 1.807) is 0 Å². The Morgan fingerprint density at radius 2 is 1.10 bits per heavy atom. The average molecular weight is 138 g/mol. The summed E-state index contributed by atoms with van der Waals surface area (Å²) in [4.78, 5) is 0. The third kappa shape index (κ3) is 0.663. The highest BCUT2D eigenvalue weighted by Gasteiger charge is 2.53. The van der Waals surface area contributed by atoms with Gasteiger partial charge in [-0.05, 0) is 25.7 Å². The Hall–Kier alpha value is -0.0800. The summed E-state index contributed by atoms with van der Waals surface area (Å²) in [6, 6.07) is 0. The lowest BCUT2D eigenvalue weighted by Gasteiger charge is -2.31. The lowest BCUT2D eigenvalue weighted by atomic mass is 10.1. The molecule has 0 bridgehead atoms. The highest BCUT2D eigenvalue weighted by atomic mass is 15.2. The van der Waals surface area contributed by atoms with Crippen LogP contribution in [0.25, 0.3) is 0 Å². The third-order valence-electron chi connectivity index (χ3n) is 3.31. The van der Waals surface area contributed by atoms with Crippen molar-refractivity contribution in [3.8, 4) is 0 Å². The van der Waals surface area contributed by atoms with Crippen LogP contribution in [-0.4, -0.2) is 24.2 Å². The number of nitrogens with one attached hydrogen (secondary N) is 2. The average Bonchev–Trinajstić information content (AvgIpc) is 2.75. The molecule has 56 valence electrons. The summed E-state index contributed by atoms with van der Waals surface area (Å²) in [5.41, 5.74) is 1.13. The van der Waals surface area contributed by atoms with Crippen LogP contribution in [0, 0.1) is 0 Å². The summed E-state index contributed by atoms with van der Waals surface area (Å²) < 4.78 is 0. The molecular weight excluding hydrogens is 124 g/mol. The maximum atomic E-state index is 3.66. The predicted octanol–water partition coefficient (Wildman–Crippen LogP) is 0.244. The van der Waals surface area contributed by atoms with Gasteiger partial charge in [0.1, 0.15) is 0 Å². The molecule has 3 rings (SSSR count). The molecular formula is C8H14N2. The molecule has 1 aliphatic heterocycles. The summed E-state index contributed by atoms with van der Waals surface area (Å²) in [7, 11) is 0. The lowest BCUT2D eigenvalue weighted by molar-refractivity contribution is 0.318. The fourth-order valence-electron chi connectivity index (χ4n) is 1.85. The van der Waals surface area contributed by atoms with Crippen molar-refractivity contribution in [2.75, 3.05) is 13.1 Å². The van der Waals surface area contributed by atoms with Crippen molar-refractivity contribution < 1.29 is 0 Å². The van der Waals surface area contributed by atoms with Crippen molar-refractivity contribution in [1.29, 1.82) is 0 Å². The third-order valence-corrected chi connectivity index (χ3v) is 3.31. The van der Waals surface area contributed by atoms with Crippen LogP contribution in [0.15, 0.2) is 0 Å². The lowest BCUT2D eigenvalue weighted by Crippen LogP contribution is -2.57. The molecule has 0 amide bonds. The van der Waals surface area contributed by atoms with Crippen molar-refractivity contribution in [3.63, 3.8) is 0 Å². The van der Waals surface area contributed by atoms with Crippen LogP contribution in [0.3, 0.4) is 0 Å². The highest BCUT2D eigenvalue weighted by molar-refractivity contribution is 5.15. The summed E-state index contributed by atoms with van der Waals surface area (Å²) in [6.45, 7) is 2.46. The molecule has 0 atom stereocenters. The molecule has 2 N–H and O–H groups in total. The van der Waals surface area contributed by atoms with Crippen LogP contribution in [-0.2, 0) is 0 Å². The zero-order valence-electron chi connectivity index (χ0n) is 6.24. The first-order valence-electron chi connectivity index (χ1n) is 4.33. The van der Waals surface area contributed by atoms with Crippen LogP contribution in [0.5, 0.6) is 0 Å². The molecule has 2 heteroatoms. The molecule has 1 heterocycles. The molecule has 0 aromatic heterocycles. The number of hydrogen-bond acceptors (Lipinski definition) is 2. The maximum Gasteiger partial charge on any atom is 0.0308 e. The topological polar surface area (TPSA) is 24.1 Å². The Balaban J connectivity index is 1.72. The van der Waals surface area contributed by atoms with Gasteiger partial charge in [-0.2, -0.15) is 0 Å². The second kappa shape index (κ2) is 1.41. The minimum Gasteiger partial charge on any atom is -0.308 e. The number of rotatable bonds is 0. The number of hydrogen-bond donors (Lipinski definition) is 2. The van der Waals surface area contributed by atoms with Gasteiger partial charge in [0.25, 0.3) is 0 Å². The molecule has 0 radical (unpaired) electrons. The molecule has 2 aliphatic carbocycles. The normalized spacial score (nSPS) is 38.4. The Morgan fingerprint density at radius 3 is 1.30 bits per heavy atom. The minimum atomic E-state index is 0.563. The zero-order valence-corrected chi connectivity index (χ0v) is 6.24. The van der Waals surface area contributed by atoms with Crippen molar-refractivity contribution >= 4 is 0 Å². The Labute approximate surface area is 61.4 Å². The Morgan fingerprint density at radius 1 is 0.700 bits per heavy atom. The van der Waals surface area contributed by atoms with E-state index >= 15 is 0 Å². The van der Waals surface area contributed by atoms with Gasteiger partial charge >= 0.3 is 0 Å².